The van der Waals surface area contributed by atoms with Gasteiger partial charge >= 0.3 is 0 Å². The first-order chi connectivity index (χ1) is 7.08. The quantitative estimate of drug-likeness (QED) is 0.317. The molecule has 15 heavy (non-hydrogen) atoms. The van der Waals surface area contributed by atoms with Gasteiger partial charge < -0.3 is 4.55 Å². The fraction of sp³-hybridized carbons (Fsp3) is 0.500. The maximum absolute atomic E-state index is 11.4. The van der Waals surface area contributed by atoms with Crippen LogP contribution in [0.3, 0.4) is 0 Å². The molecule has 0 saturated carbocycles. The molecule has 0 aromatic heterocycles. The molecular formula is C10H16N2O2S. The SMILES string of the molecule is CCC1=CC(C(=O)NN)=CC([S+](C)[O-])C1. The Hall–Kier alpha value is -0.780. The van der Waals surface area contributed by atoms with Gasteiger partial charge in [-0.1, -0.05) is 18.6 Å². The molecule has 0 aromatic carbocycles. The Morgan fingerprint density at radius 1 is 1.80 bits per heavy atom. The molecule has 0 saturated heterocycles. The van der Waals surface area contributed by atoms with Gasteiger partial charge in [-0.25, -0.2) is 5.84 Å². The number of carbonyl (C=O) groups excluding carboxylic acids is 1. The highest BCUT2D eigenvalue weighted by Crippen LogP contribution is 2.24. The lowest BCUT2D eigenvalue weighted by atomic mass is 9.97. The van der Waals surface area contributed by atoms with Crippen LogP contribution >= 0.6 is 0 Å². The Labute approximate surface area is 92.8 Å². The number of amides is 1. The zero-order chi connectivity index (χ0) is 11.4. The van der Waals surface area contributed by atoms with Crippen molar-refractivity contribution in [2.45, 2.75) is 25.0 Å². The third-order valence-electron chi connectivity index (χ3n) is 2.46. The largest absolute Gasteiger partial charge is 0.616 e. The summed E-state index contributed by atoms with van der Waals surface area (Å²) in [6.07, 6.45) is 6.84. The zero-order valence-electron chi connectivity index (χ0n) is 8.95. The van der Waals surface area contributed by atoms with Crippen LogP contribution in [-0.4, -0.2) is 22.0 Å². The second kappa shape index (κ2) is 5.34. The van der Waals surface area contributed by atoms with E-state index in [0.29, 0.717) is 5.57 Å². The molecule has 1 rings (SSSR count). The predicted molar refractivity (Wildman–Crippen MR) is 61.3 cm³/mol. The standard InChI is InChI=1S/C10H16N2O2S/c1-3-7-4-8(10(13)12-11)6-9(5-7)15(2)14/h4,6,9H,3,5,11H2,1-2H3,(H,12,13). The maximum Gasteiger partial charge on any atom is 0.265 e. The molecule has 2 unspecified atom stereocenters. The fourth-order valence-electron chi connectivity index (χ4n) is 1.53. The van der Waals surface area contributed by atoms with Crippen molar-refractivity contribution in [3.8, 4) is 0 Å². The van der Waals surface area contributed by atoms with Crippen LogP contribution in [0.2, 0.25) is 0 Å². The number of hydrogen-bond donors (Lipinski definition) is 2. The third kappa shape index (κ3) is 3.09. The van der Waals surface area contributed by atoms with Gasteiger partial charge in [-0.15, -0.1) is 0 Å². The molecule has 3 N–H and O–H groups in total. The Morgan fingerprint density at radius 2 is 2.47 bits per heavy atom. The van der Waals surface area contributed by atoms with Crippen LogP contribution < -0.4 is 11.3 Å². The Morgan fingerprint density at radius 3 is 2.93 bits per heavy atom. The second-order valence-electron chi connectivity index (χ2n) is 3.49. The van der Waals surface area contributed by atoms with E-state index in [2.05, 4.69) is 5.43 Å². The summed E-state index contributed by atoms with van der Waals surface area (Å²) in [5.74, 6) is 4.74. The third-order valence-corrected chi connectivity index (χ3v) is 3.62. The number of hydrogen-bond acceptors (Lipinski definition) is 3. The van der Waals surface area contributed by atoms with Gasteiger partial charge in [0.05, 0.1) is 6.26 Å². The molecule has 0 aromatic rings. The highest BCUT2D eigenvalue weighted by Gasteiger charge is 2.23. The Kier molecular flexibility index (Phi) is 4.38. The smallest absolute Gasteiger partial charge is 0.265 e. The molecule has 1 amide bonds. The minimum atomic E-state index is -0.952. The minimum Gasteiger partial charge on any atom is -0.616 e. The highest BCUT2D eigenvalue weighted by molar-refractivity contribution is 7.91. The van der Waals surface area contributed by atoms with Crippen LogP contribution in [0, 0.1) is 0 Å². The molecule has 4 nitrogen and oxygen atoms in total. The lowest BCUT2D eigenvalue weighted by Crippen LogP contribution is -2.33. The molecule has 5 heteroatoms. The molecule has 0 heterocycles. The highest BCUT2D eigenvalue weighted by atomic mass is 32.2. The summed E-state index contributed by atoms with van der Waals surface area (Å²) in [5, 5.41) is -0.0720. The maximum atomic E-state index is 11.4. The molecular weight excluding hydrogens is 212 g/mol. The number of allylic oxidation sites excluding steroid dienone is 1. The first-order valence-corrected chi connectivity index (χ1v) is 6.45. The van der Waals surface area contributed by atoms with Crippen molar-refractivity contribution >= 4 is 17.1 Å². The van der Waals surface area contributed by atoms with Gasteiger partial charge in [0.1, 0.15) is 5.25 Å². The van der Waals surface area contributed by atoms with Crippen molar-refractivity contribution in [1.82, 2.24) is 5.43 Å². The van der Waals surface area contributed by atoms with Gasteiger partial charge in [0, 0.05) is 12.0 Å². The molecule has 0 fully saturated rings. The van der Waals surface area contributed by atoms with E-state index in [1.807, 2.05) is 13.0 Å². The number of rotatable bonds is 3. The van der Waals surface area contributed by atoms with Gasteiger partial charge in [0.2, 0.25) is 0 Å². The summed E-state index contributed by atoms with van der Waals surface area (Å²) in [5.41, 5.74) is 3.74. The van der Waals surface area contributed by atoms with E-state index in [1.165, 1.54) is 0 Å². The summed E-state index contributed by atoms with van der Waals surface area (Å²) in [6.45, 7) is 2.02. The van der Waals surface area contributed by atoms with E-state index >= 15 is 0 Å². The van der Waals surface area contributed by atoms with Gasteiger partial charge in [0.25, 0.3) is 5.91 Å². The summed E-state index contributed by atoms with van der Waals surface area (Å²) < 4.78 is 11.4. The fourth-order valence-corrected chi connectivity index (χ4v) is 2.32. The van der Waals surface area contributed by atoms with Crippen molar-refractivity contribution in [3.63, 3.8) is 0 Å². The molecule has 1 aliphatic rings. The Balaban J connectivity index is 2.91. The lowest BCUT2D eigenvalue weighted by molar-refractivity contribution is -0.117. The van der Waals surface area contributed by atoms with Gasteiger partial charge in [-0.2, -0.15) is 0 Å². The average Bonchev–Trinajstić information content (AvgIpc) is 2.27. The number of nitrogens with two attached hydrogens (primary N) is 1. The van der Waals surface area contributed by atoms with Gasteiger partial charge in [0.15, 0.2) is 0 Å². The van der Waals surface area contributed by atoms with Gasteiger partial charge in [-0.05, 0) is 23.7 Å². The first kappa shape index (κ1) is 12.3. The van der Waals surface area contributed by atoms with Crippen LogP contribution in [0.15, 0.2) is 23.3 Å². The molecule has 0 radical (unpaired) electrons. The Bertz CT molecular complexity index is 311. The topological polar surface area (TPSA) is 78.2 Å². The number of carbonyl (C=O) groups is 1. The normalized spacial score (nSPS) is 22.8. The van der Waals surface area contributed by atoms with E-state index < -0.39 is 11.2 Å². The second-order valence-corrected chi connectivity index (χ2v) is 5.10. The molecule has 0 spiro atoms. The van der Waals surface area contributed by atoms with Crippen LogP contribution in [0.25, 0.3) is 0 Å². The van der Waals surface area contributed by atoms with Crippen molar-refractivity contribution < 1.29 is 9.35 Å². The first-order valence-electron chi connectivity index (χ1n) is 4.83. The van der Waals surface area contributed by atoms with E-state index in [4.69, 9.17) is 5.84 Å². The number of nitrogens with one attached hydrogen (secondary N) is 1. The monoisotopic (exact) mass is 228 g/mol. The molecule has 1 aliphatic carbocycles. The zero-order valence-corrected chi connectivity index (χ0v) is 9.76. The van der Waals surface area contributed by atoms with Crippen molar-refractivity contribution in [2.75, 3.05) is 6.26 Å². The summed E-state index contributed by atoms with van der Waals surface area (Å²) in [7, 11) is 0. The van der Waals surface area contributed by atoms with Crippen molar-refractivity contribution in [3.05, 3.63) is 23.3 Å². The molecule has 0 aliphatic heterocycles. The summed E-state index contributed by atoms with van der Waals surface area (Å²) >= 11 is -0.952. The van der Waals surface area contributed by atoms with E-state index in [1.54, 1.807) is 12.3 Å². The van der Waals surface area contributed by atoms with Gasteiger partial charge in [-0.3, -0.25) is 10.2 Å². The molecule has 0 bridgehead atoms. The van der Waals surface area contributed by atoms with Crippen LogP contribution in [0.5, 0.6) is 0 Å². The molecule has 2 atom stereocenters. The van der Waals surface area contributed by atoms with Crippen LogP contribution in [0.4, 0.5) is 0 Å². The minimum absolute atomic E-state index is 0.0720. The average molecular weight is 228 g/mol. The molecule has 84 valence electrons. The summed E-state index contributed by atoms with van der Waals surface area (Å²) in [6, 6.07) is 0. The van der Waals surface area contributed by atoms with E-state index in [-0.39, 0.29) is 11.2 Å². The van der Waals surface area contributed by atoms with Crippen LogP contribution in [-0.2, 0) is 16.0 Å². The van der Waals surface area contributed by atoms with Crippen molar-refractivity contribution in [1.29, 1.82) is 0 Å². The number of hydrazine groups is 1. The lowest BCUT2D eigenvalue weighted by Gasteiger charge is -2.21. The van der Waals surface area contributed by atoms with E-state index in [0.717, 1.165) is 18.4 Å². The predicted octanol–water partition coefficient (Wildman–Crippen LogP) is 0.390. The summed E-state index contributed by atoms with van der Waals surface area (Å²) in [4.78, 5) is 11.3. The van der Waals surface area contributed by atoms with Crippen molar-refractivity contribution in [2.24, 2.45) is 5.84 Å². The van der Waals surface area contributed by atoms with E-state index in [9.17, 15) is 9.35 Å². The van der Waals surface area contributed by atoms with Crippen LogP contribution in [0.1, 0.15) is 19.8 Å².